The van der Waals surface area contributed by atoms with Gasteiger partial charge in [-0.25, -0.2) is 9.78 Å². The van der Waals surface area contributed by atoms with Gasteiger partial charge in [-0.3, -0.25) is 9.69 Å². The van der Waals surface area contributed by atoms with Crippen molar-refractivity contribution in [3.05, 3.63) is 40.3 Å². The standard InChI is InChI=1S/C30H40N4O4/c1-3-38-30(36)28(32-37-2)27-29(35)34(26-11-7-6-10-25(26)31-27)24-17-21-12-13-22(18-24)33(21)23-15-19-8-4-5-9-20(14-19)16-23/h6-7,10-11,19-24H,3-5,8-9,12-18H2,1-2H3/b32-28-/t19?,20?,21-,22+,23?,24+. The molecule has 2 unspecified atom stereocenters. The van der Waals surface area contributed by atoms with Crippen LogP contribution in [0.25, 0.3) is 11.0 Å². The number of rotatable bonds is 6. The Morgan fingerprint density at radius 1 is 0.947 bits per heavy atom. The van der Waals surface area contributed by atoms with Crippen LogP contribution in [0.1, 0.15) is 89.3 Å². The average Bonchev–Trinajstić information content (AvgIpc) is 3.07. The van der Waals surface area contributed by atoms with Crippen molar-refractivity contribution in [1.29, 1.82) is 0 Å². The monoisotopic (exact) mass is 520 g/mol. The van der Waals surface area contributed by atoms with Gasteiger partial charge in [-0.15, -0.1) is 0 Å². The summed E-state index contributed by atoms with van der Waals surface area (Å²) >= 11 is 0. The molecule has 4 bridgehead atoms. The van der Waals surface area contributed by atoms with E-state index >= 15 is 0 Å². The van der Waals surface area contributed by atoms with Gasteiger partial charge in [0.05, 0.1) is 17.6 Å². The number of aromatic nitrogens is 2. The van der Waals surface area contributed by atoms with Crippen LogP contribution in [0.3, 0.4) is 0 Å². The van der Waals surface area contributed by atoms with Crippen molar-refractivity contribution in [1.82, 2.24) is 14.5 Å². The van der Waals surface area contributed by atoms with Crippen LogP contribution in [0.5, 0.6) is 0 Å². The zero-order valence-corrected chi connectivity index (χ0v) is 22.7. The molecule has 1 aromatic carbocycles. The summed E-state index contributed by atoms with van der Waals surface area (Å²) < 4.78 is 7.08. The van der Waals surface area contributed by atoms with Crippen molar-refractivity contribution >= 4 is 22.7 Å². The van der Waals surface area contributed by atoms with Gasteiger partial charge in [0.2, 0.25) is 5.71 Å². The topological polar surface area (TPSA) is 86.0 Å². The van der Waals surface area contributed by atoms with Crippen LogP contribution in [0.2, 0.25) is 0 Å². The third kappa shape index (κ3) is 4.65. The molecule has 4 fully saturated rings. The van der Waals surface area contributed by atoms with Gasteiger partial charge >= 0.3 is 5.97 Å². The normalized spacial score (nSPS) is 31.7. The second-order valence-electron chi connectivity index (χ2n) is 11.8. The number of hydrogen-bond donors (Lipinski definition) is 0. The summed E-state index contributed by atoms with van der Waals surface area (Å²) in [5, 5.41) is 3.88. The summed E-state index contributed by atoms with van der Waals surface area (Å²) in [6, 6.07) is 9.46. The van der Waals surface area contributed by atoms with E-state index in [-0.39, 0.29) is 29.6 Å². The van der Waals surface area contributed by atoms with E-state index in [9.17, 15) is 9.59 Å². The van der Waals surface area contributed by atoms with Gasteiger partial charge in [0.15, 0.2) is 5.69 Å². The Bertz CT molecular complexity index is 1240. The minimum atomic E-state index is -0.700. The molecule has 0 amide bonds. The highest BCUT2D eigenvalue weighted by molar-refractivity contribution is 6.42. The molecule has 4 aliphatic rings. The first-order chi connectivity index (χ1) is 18.6. The highest BCUT2D eigenvalue weighted by atomic mass is 16.6. The second-order valence-corrected chi connectivity index (χ2v) is 11.8. The Balaban J connectivity index is 1.34. The predicted molar refractivity (Wildman–Crippen MR) is 146 cm³/mol. The zero-order chi connectivity index (χ0) is 26.2. The van der Waals surface area contributed by atoms with Crippen LogP contribution >= 0.6 is 0 Å². The number of carbonyl (C=O) groups excluding carboxylic acids is 1. The second kappa shape index (κ2) is 10.8. The Labute approximate surface area is 224 Å². The number of ether oxygens (including phenoxy) is 1. The number of esters is 1. The summed E-state index contributed by atoms with van der Waals surface area (Å²) in [4.78, 5) is 39.2. The van der Waals surface area contributed by atoms with E-state index in [2.05, 4.69) is 15.0 Å². The van der Waals surface area contributed by atoms with Crippen molar-refractivity contribution < 1.29 is 14.4 Å². The zero-order valence-electron chi connectivity index (χ0n) is 22.7. The summed E-state index contributed by atoms with van der Waals surface area (Å²) in [6.45, 7) is 1.90. The van der Waals surface area contributed by atoms with E-state index in [0.717, 1.165) is 30.2 Å². The molecular formula is C30H40N4O4. The predicted octanol–water partition coefficient (Wildman–Crippen LogP) is 4.84. The molecule has 2 saturated heterocycles. The molecule has 0 radical (unpaired) electrons. The molecular weight excluding hydrogens is 480 g/mol. The molecule has 2 aliphatic heterocycles. The number of piperidine rings is 1. The molecule has 6 rings (SSSR count). The highest BCUT2D eigenvalue weighted by Crippen LogP contribution is 2.47. The van der Waals surface area contributed by atoms with Gasteiger partial charge in [-0.2, -0.15) is 0 Å². The quantitative estimate of drug-likeness (QED) is 0.308. The minimum absolute atomic E-state index is 0.00451. The molecule has 3 heterocycles. The molecule has 5 atom stereocenters. The van der Waals surface area contributed by atoms with Gasteiger partial charge in [0.1, 0.15) is 7.11 Å². The first-order valence-electron chi connectivity index (χ1n) is 14.6. The molecule has 8 heteroatoms. The van der Waals surface area contributed by atoms with Crippen LogP contribution in [-0.2, 0) is 14.4 Å². The lowest BCUT2D eigenvalue weighted by Crippen LogP contribution is -2.52. The van der Waals surface area contributed by atoms with Gasteiger partial charge in [-0.05, 0) is 75.8 Å². The van der Waals surface area contributed by atoms with Crippen LogP contribution in [0.15, 0.2) is 34.2 Å². The van der Waals surface area contributed by atoms with Gasteiger partial charge in [-0.1, -0.05) is 43.0 Å². The van der Waals surface area contributed by atoms with Gasteiger partial charge in [0.25, 0.3) is 5.56 Å². The highest BCUT2D eigenvalue weighted by Gasteiger charge is 2.47. The maximum Gasteiger partial charge on any atom is 0.362 e. The van der Waals surface area contributed by atoms with Crippen molar-refractivity contribution in [2.75, 3.05) is 13.7 Å². The van der Waals surface area contributed by atoms with E-state index in [1.807, 2.05) is 28.8 Å². The fourth-order valence-electron chi connectivity index (χ4n) is 8.24. The largest absolute Gasteiger partial charge is 0.461 e. The van der Waals surface area contributed by atoms with Crippen molar-refractivity contribution in [2.45, 2.75) is 102 Å². The van der Waals surface area contributed by atoms with Crippen LogP contribution in [0.4, 0.5) is 0 Å². The summed E-state index contributed by atoms with van der Waals surface area (Å²) in [5.74, 6) is 1.09. The molecule has 8 nitrogen and oxygen atoms in total. The lowest BCUT2D eigenvalue weighted by atomic mass is 9.76. The van der Waals surface area contributed by atoms with Crippen molar-refractivity contribution in [2.24, 2.45) is 17.0 Å². The summed E-state index contributed by atoms with van der Waals surface area (Å²) in [7, 11) is 1.35. The van der Waals surface area contributed by atoms with Crippen molar-refractivity contribution in [3.8, 4) is 0 Å². The smallest absolute Gasteiger partial charge is 0.362 e. The number of nitrogens with zero attached hydrogens (tertiary/aromatic N) is 4. The fraction of sp³-hybridized carbons (Fsp3) is 0.667. The first-order valence-corrected chi connectivity index (χ1v) is 14.6. The van der Waals surface area contributed by atoms with E-state index in [0.29, 0.717) is 23.6 Å². The Morgan fingerprint density at radius 2 is 1.63 bits per heavy atom. The fourth-order valence-corrected chi connectivity index (χ4v) is 8.24. The van der Waals surface area contributed by atoms with E-state index in [4.69, 9.17) is 9.57 Å². The Morgan fingerprint density at radius 3 is 2.29 bits per heavy atom. The Hall–Kier alpha value is -2.74. The molecule has 2 aromatic rings. The molecule has 2 aliphatic carbocycles. The maximum absolute atomic E-state index is 14.0. The number of carbonyl (C=O) groups is 1. The van der Waals surface area contributed by atoms with E-state index in [1.54, 1.807) is 6.92 Å². The molecule has 0 N–H and O–H groups in total. The maximum atomic E-state index is 14.0. The first kappa shape index (κ1) is 25.5. The van der Waals surface area contributed by atoms with Gasteiger partial charge in [0, 0.05) is 24.2 Å². The molecule has 204 valence electrons. The minimum Gasteiger partial charge on any atom is -0.461 e. The van der Waals surface area contributed by atoms with Crippen molar-refractivity contribution in [3.63, 3.8) is 0 Å². The number of oxime groups is 1. The lowest BCUT2D eigenvalue weighted by molar-refractivity contribution is -0.135. The number of para-hydroxylation sites is 2. The number of fused-ring (bicyclic) bond motifs is 5. The molecule has 38 heavy (non-hydrogen) atoms. The third-order valence-corrected chi connectivity index (χ3v) is 9.57. The lowest BCUT2D eigenvalue weighted by Gasteiger charge is -2.48. The van der Waals surface area contributed by atoms with Crippen LogP contribution in [-0.4, -0.2) is 58.0 Å². The van der Waals surface area contributed by atoms with Crippen LogP contribution in [0, 0.1) is 11.8 Å². The summed E-state index contributed by atoms with van der Waals surface area (Å²) in [6.07, 6.45) is 14.1. The summed E-state index contributed by atoms with van der Waals surface area (Å²) in [5.41, 5.74) is 0.998. The molecule has 0 spiro atoms. The van der Waals surface area contributed by atoms with E-state index < -0.39 is 5.97 Å². The molecule has 2 saturated carbocycles. The number of hydrogen-bond acceptors (Lipinski definition) is 7. The average molecular weight is 521 g/mol. The number of benzene rings is 1. The SMILES string of the molecule is CCOC(=O)/C(=N\OC)c1nc2ccccc2n([C@H]2C[C@H]3CC[C@@H](C2)N3C2CC3CCCCC(C3)C2)c1=O. The van der Waals surface area contributed by atoms with Gasteiger partial charge < -0.3 is 14.1 Å². The third-order valence-electron chi connectivity index (χ3n) is 9.57. The van der Waals surface area contributed by atoms with E-state index in [1.165, 1.54) is 64.9 Å². The van der Waals surface area contributed by atoms with Crippen LogP contribution < -0.4 is 5.56 Å². The molecule has 1 aromatic heterocycles. The Kier molecular flexibility index (Phi) is 7.25.